The molecule has 1 aliphatic rings. The van der Waals surface area contributed by atoms with Gasteiger partial charge in [0.2, 0.25) is 0 Å². The number of rotatable bonds is 6. The van der Waals surface area contributed by atoms with Gasteiger partial charge in [0, 0.05) is 23.4 Å². The fourth-order valence-electron chi connectivity index (χ4n) is 3.36. The van der Waals surface area contributed by atoms with E-state index in [4.69, 9.17) is 10.5 Å². The van der Waals surface area contributed by atoms with Gasteiger partial charge in [0.15, 0.2) is 11.0 Å². The van der Waals surface area contributed by atoms with Crippen LogP contribution in [0.2, 0.25) is 0 Å². The van der Waals surface area contributed by atoms with Crippen molar-refractivity contribution in [3.63, 3.8) is 0 Å². The maximum atomic E-state index is 11.8. The van der Waals surface area contributed by atoms with Gasteiger partial charge in [-0.2, -0.15) is 0 Å². The number of carbonyl (C=O) groups is 1. The molecular formula is C21H19N5O2S2. The number of fused-ring (bicyclic) bond motifs is 1. The van der Waals surface area contributed by atoms with Gasteiger partial charge in [-0.15, -0.1) is 21.5 Å². The molecule has 7 nitrogen and oxygen atoms in total. The third-order valence-corrected chi connectivity index (χ3v) is 7.14. The minimum absolute atomic E-state index is 0.334. The van der Waals surface area contributed by atoms with Crippen molar-refractivity contribution < 1.29 is 9.53 Å². The molecule has 0 spiro atoms. The van der Waals surface area contributed by atoms with Crippen molar-refractivity contribution in [2.75, 3.05) is 12.8 Å². The summed E-state index contributed by atoms with van der Waals surface area (Å²) in [5.74, 6) is 1.15. The van der Waals surface area contributed by atoms with Crippen LogP contribution < -0.4 is 5.73 Å². The van der Waals surface area contributed by atoms with Gasteiger partial charge in [-0.1, -0.05) is 23.9 Å². The van der Waals surface area contributed by atoms with Gasteiger partial charge in [-0.05, 0) is 42.7 Å². The number of methoxy groups -OCH3 is 1. The lowest BCUT2D eigenvalue weighted by molar-refractivity contribution is 0.0600. The monoisotopic (exact) mass is 437 g/mol. The molecule has 0 saturated heterocycles. The summed E-state index contributed by atoms with van der Waals surface area (Å²) in [6, 6.07) is 11.7. The first kappa shape index (κ1) is 19.1. The van der Waals surface area contributed by atoms with Gasteiger partial charge in [0.25, 0.3) is 0 Å². The van der Waals surface area contributed by atoms with Crippen molar-refractivity contribution in [2.45, 2.75) is 29.8 Å². The Morgan fingerprint density at radius 1 is 1.30 bits per heavy atom. The fraction of sp³-hybridized carbons (Fsp3) is 0.238. The zero-order chi connectivity index (χ0) is 20.7. The van der Waals surface area contributed by atoms with E-state index >= 15 is 0 Å². The van der Waals surface area contributed by atoms with E-state index in [1.807, 2.05) is 30.3 Å². The average molecular weight is 438 g/mol. The van der Waals surface area contributed by atoms with Crippen molar-refractivity contribution in [3.05, 3.63) is 53.7 Å². The van der Waals surface area contributed by atoms with Crippen LogP contribution in [0.25, 0.3) is 20.9 Å². The molecule has 0 bridgehead atoms. The number of nitrogen functional groups attached to an aromatic ring is 1. The fourth-order valence-corrected chi connectivity index (χ4v) is 5.36. The molecule has 1 aromatic carbocycles. The SMILES string of the molecule is COC(=O)c1cccc(CSc2nnc(-c3sc4ncccc4c3N)n2C2CC2)c1. The summed E-state index contributed by atoms with van der Waals surface area (Å²) in [5, 5.41) is 10.8. The normalized spacial score (nSPS) is 13.6. The first-order valence-corrected chi connectivity index (χ1v) is 11.3. The molecule has 2 N–H and O–H groups in total. The molecule has 0 aliphatic heterocycles. The Kier molecular flexibility index (Phi) is 4.92. The number of ether oxygens (including phenoxy) is 1. The molecule has 152 valence electrons. The van der Waals surface area contributed by atoms with Crippen LogP contribution in [-0.4, -0.2) is 32.8 Å². The number of carbonyl (C=O) groups excluding carboxylic acids is 1. The highest BCUT2D eigenvalue weighted by Crippen LogP contribution is 2.45. The molecule has 5 rings (SSSR count). The molecular weight excluding hydrogens is 418 g/mol. The maximum Gasteiger partial charge on any atom is 0.337 e. The van der Waals surface area contributed by atoms with Crippen molar-refractivity contribution in [1.82, 2.24) is 19.7 Å². The van der Waals surface area contributed by atoms with Crippen LogP contribution in [0.15, 0.2) is 47.8 Å². The van der Waals surface area contributed by atoms with Crippen LogP contribution in [-0.2, 0) is 10.5 Å². The number of esters is 1. The summed E-state index contributed by atoms with van der Waals surface area (Å²) < 4.78 is 7.02. The zero-order valence-corrected chi connectivity index (χ0v) is 17.9. The van der Waals surface area contributed by atoms with Crippen molar-refractivity contribution in [3.8, 4) is 10.7 Å². The molecule has 1 aliphatic carbocycles. The largest absolute Gasteiger partial charge is 0.465 e. The van der Waals surface area contributed by atoms with E-state index in [1.165, 1.54) is 7.11 Å². The third-order valence-electron chi connectivity index (χ3n) is 5.00. The second-order valence-corrected chi connectivity index (χ2v) is 9.03. The van der Waals surface area contributed by atoms with E-state index in [9.17, 15) is 4.79 Å². The predicted octanol–water partition coefficient (Wildman–Crippen LogP) is 4.55. The molecule has 4 aromatic rings. The molecule has 0 amide bonds. The van der Waals surface area contributed by atoms with Gasteiger partial charge in [-0.25, -0.2) is 9.78 Å². The summed E-state index contributed by atoms with van der Waals surface area (Å²) in [5.41, 5.74) is 8.71. The Morgan fingerprint density at radius 2 is 2.17 bits per heavy atom. The number of thiophene rings is 1. The molecule has 1 fully saturated rings. The standard InChI is InChI=1S/C21H19N5O2S2/c1-28-20(27)13-5-2-4-12(10-13)11-29-21-25-24-18(26(21)14-7-8-14)17-16(22)15-6-3-9-23-19(15)30-17/h2-6,9-10,14H,7-8,11,22H2,1H3. The number of pyridine rings is 1. The lowest BCUT2D eigenvalue weighted by Crippen LogP contribution is -2.02. The lowest BCUT2D eigenvalue weighted by atomic mass is 10.1. The molecule has 0 unspecified atom stereocenters. The smallest absolute Gasteiger partial charge is 0.337 e. The van der Waals surface area contributed by atoms with E-state index < -0.39 is 0 Å². The first-order chi connectivity index (χ1) is 14.7. The molecule has 0 radical (unpaired) electrons. The number of hydrogen-bond donors (Lipinski definition) is 1. The van der Waals surface area contributed by atoms with E-state index in [0.717, 1.165) is 44.5 Å². The number of thioether (sulfide) groups is 1. The predicted molar refractivity (Wildman–Crippen MR) is 119 cm³/mol. The number of anilines is 1. The van der Waals surface area contributed by atoms with Gasteiger partial charge in [0.05, 0.1) is 23.2 Å². The van der Waals surface area contributed by atoms with Crippen molar-refractivity contribution >= 4 is 45.0 Å². The van der Waals surface area contributed by atoms with Crippen molar-refractivity contribution in [2.24, 2.45) is 0 Å². The van der Waals surface area contributed by atoms with E-state index in [0.29, 0.717) is 23.0 Å². The maximum absolute atomic E-state index is 11.8. The van der Waals surface area contributed by atoms with Crippen LogP contribution in [0.4, 0.5) is 5.69 Å². The molecule has 1 saturated carbocycles. The van der Waals surface area contributed by atoms with E-state index in [-0.39, 0.29) is 5.97 Å². The number of aromatic nitrogens is 4. The second kappa shape index (κ2) is 7.73. The Hall–Kier alpha value is -2.91. The van der Waals surface area contributed by atoms with Crippen molar-refractivity contribution in [1.29, 1.82) is 0 Å². The topological polar surface area (TPSA) is 95.9 Å². The highest BCUT2D eigenvalue weighted by Gasteiger charge is 2.31. The zero-order valence-electron chi connectivity index (χ0n) is 16.2. The molecule has 3 heterocycles. The van der Waals surface area contributed by atoms with Crippen LogP contribution >= 0.6 is 23.1 Å². The molecule has 3 aromatic heterocycles. The van der Waals surface area contributed by atoms with Crippen LogP contribution in [0.3, 0.4) is 0 Å². The Labute approximate surface area is 181 Å². The number of hydrogen-bond acceptors (Lipinski definition) is 8. The summed E-state index contributed by atoms with van der Waals surface area (Å²) >= 11 is 3.16. The van der Waals surface area contributed by atoms with Gasteiger partial charge in [0.1, 0.15) is 4.83 Å². The molecule has 0 atom stereocenters. The average Bonchev–Trinajstić information content (AvgIpc) is 3.45. The minimum atomic E-state index is -0.334. The Bertz CT molecular complexity index is 1250. The van der Waals surface area contributed by atoms with Gasteiger partial charge in [-0.3, -0.25) is 4.57 Å². The number of nitrogens with two attached hydrogens (primary N) is 1. The lowest BCUT2D eigenvalue weighted by Gasteiger charge is -2.09. The Morgan fingerprint density at radius 3 is 2.93 bits per heavy atom. The summed E-state index contributed by atoms with van der Waals surface area (Å²) in [7, 11) is 1.39. The first-order valence-electron chi connectivity index (χ1n) is 9.54. The summed E-state index contributed by atoms with van der Waals surface area (Å²) in [6.45, 7) is 0. The quantitative estimate of drug-likeness (QED) is 0.349. The highest BCUT2D eigenvalue weighted by atomic mass is 32.2. The third kappa shape index (κ3) is 3.44. The van der Waals surface area contributed by atoms with Crippen LogP contribution in [0.1, 0.15) is 34.8 Å². The summed E-state index contributed by atoms with van der Waals surface area (Å²) in [4.78, 5) is 18.0. The van der Waals surface area contributed by atoms with Crippen LogP contribution in [0.5, 0.6) is 0 Å². The minimum Gasteiger partial charge on any atom is -0.465 e. The highest BCUT2D eigenvalue weighted by molar-refractivity contribution is 7.98. The second-order valence-electron chi connectivity index (χ2n) is 7.09. The van der Waals surface area contributed by atoms with Gasteiger partial charge < -0.3 is 10.5 Å². The van der Waals surface area contributed by atoms with E-state index in [1.54, 1.807) is 35.4 Å². The Balaban J connectivity index is 1.45. The number of benzene rings is 1. The number of nitrogens with zero attached hydrogens (tertiary/aromatic N) is 4. The van der Waals surface area contributed by atoms with E-state index in [2.05, 4.69) is 19.7 Å². The molecule has 9 heteroatoms. The molecule has 30 heavy (non-hydrogen) atoms. The van der Waals surface area contributed by atoms with Crippen LogP contribution in [0, 0.1) is 0 Å². The summed E-state index contributed by atoms with van der Waals surface area (Å²) in [6.07, 6.45) is 4.00. The van der Waals surface area contributed by atoms with Gasteiger partial charge >= 0.3 is 5.97 Å².